The van der Waals surface area contributed by atoms with Crippen LogP contribution in [0.4, 0.5) is 11.4 Å². The van der Waals surface area contributed by atoms with Crippen LogP contribution in [0.5, 0.6) is 0 Å². The molecule has 202 valence electrons. The number of nitrogens with zero attached hydrogens (tertiary/aromatic N) is 1. The van der Waals surface area contributed by atoms with Crippen molar-refractivity contribution in [2.75, 3.05) is 23.8 Å². The number of thioether (sulfide) groups is 1. The van der Waals surface area contributed by atoms with E-state index in [2.05, 4.69) is 10.6 Å². The minimum absolute atomic E-state index is 0.00304. The minimum Gasteiger partial charge on any atom is -0.396 e. The Morgan fingerprint density at radius 2 is 1.82 bits per heavy atom. The quantitative estimate of drug-likeness (QED) is 0.363. The lowest BCUT2D eigenvalue weighted by Crippen LogP contribution is -2.51. The summed E-state index contributed by atoms with van der Waals surface area (Å²) >= 11 is 8.09. The number of carbonyl (C=O) groups excluding carboxylic acids is 3. The summed E-state index contributed by atoms with van der Waals surface area (Å²) in [5.74, 6) is -1.54. The lowest BCUT2D eigenvalue weighted by Gasteiger charge is -2.34. The summed E-state index contributed by atoms with van der Waals surface area (Å²) in [6.45, 7) is 2.48. The average molecular weight is 556 g/mol. The third-order valence-electron chi connectivity index (χ3n) is 8.17. The molecule has 3 amide bonds. The Balaban J connectivity index is 1.44. The summed E-state index contributed by atoms with van der Waals surface area (Å²) in [5, 5.41) is 15.6. The highest BCUT2D eigenvalue weighted by Gasteiger charge is 2.73. The van der Waals surface area contributed by atoms with Crippen LogP contribution in [0.25, 0.3) is 0 Å². The highest BCUT2D eigenvalue weighted by atomic mass is 35.5. The van der Waals surface area contributed by atoms with Gasteiger partial charge in [0.05, 0.1) is 27.3 Å². The third-order valence-corrected chi connectivity index (χ3v) is 10.4. The number of aryl methyl sites for hydroxylation is 1. The smallest absolute Gasteiger partial charge is 0.248 e. The zero-order chi connectivity index (χ0) is 26.9. The number of benzene rings is 2. The molecule has 2 unspecified atom stereocenters. The number of aliphatic hydroxyl groups excluding tert-OH is 1. The van der Waals surface area contributed by atoms with Crippen molar-refractivity contribution in [2.45, 2.75) is 61.5 Å². The summed E-state index contributed by atoms with van der Waals surface area (Å²) in [5.41, 5.74) is 2.11. The molecule has 2 aromatic rings. The van der Waals surface area contributed by atoms with Crippen molar-refractivity contribution >= 4 is 52.5 Å². The van der Waals surface area contributed by atoms with E-state index in [0.29, 0.717) is 29.4 Å². The van der Waals surface area contributed by atoms with E-state index in [1.54, 1.807) is 22.7 Å². The lowest BCUT2D eigenvalue weighted by molar-refractivity contribution is -0.138. The fraction of sp³-hybridized carbons (Fsp3) is 0.483. The molecule has 5 atom stereocenters. The van der Waals surface area contributed by atoms with Gasteiger partial charge in [-0.3, -0.25) is 14.4 Å². The topological polar surface area (TPSA) is 98.7 Å². The zero-order valence-corrected chi connectivity index (χ0v) is 23.1. The highest BCUT2D eigenvalue weighted by molar-refractivity contribution is 8.02. The normalized spacial score (nSPS) is 27.4. The van der Waals surface area contributed by atoms with Gasteiger partial charge in [0.25, 0.3) is 0 Å². The van der Waals surface area contributed by atoms with E-state index in [4.69, 9.17) is 16.7 Å². The Morgan fingerprint density at radius 3 is 2.55 bits per heavy atom. The number of nitrogens with one attached hydrogen (secondary N) is 2. The van der Waals surface area contributed by atoms with E-state index in [1.165, 1.54) is 0 Å². The van der Waals surface area contributed by atoms with Crippen LogP contribution in [0.1, 0.15) is 44.1 Å². The van der Waals surface area contributed by atoms with Crippen molar-refractivity contribution in [1.82, 2.24) is 4.90 Å². The van der Waals surface area contributed by atoms with Crippen LogP contribution in [-0.4, -0.2) is 56.9 Å². The summed E-state index contributed by atoms with van der Waals surface area (Å²) in [6.07, 6.45) is 4.68. The third kappa shape index (κ3) is 4.82. The number of unbranched alkanes of at least 4 members (excludes halogenated alkanes) is 3. The molecule has 2 bridgehead atoms. The van der Waals surface area contributed by atoms with Crippen molar-refractivity contribution in [3.8, 4) is 0 Å². The molecule has 3 saturated heterocycles. The molecule has 0 saturated carbocycles. The van der Waals surface area contributed by atoms with E-state index in [1.807, 2.05) is 49.4 Å². The summed E-state index contributed by atoms with van der Waals surface area (Å²) in [6, 6.07) is 14.1. The van der Waals surface area contributed by atoms with Gasteiger partial charge in [-0.05, 0) is 56.4 Å². The van der Waals surface area contributed by atoms with Gasteiger partial charge in [-0.2, -0.15) is 0 Å². The first-order valence-corrected chi connectivity index (χ1v) is 14.6. The van der Waals surface area contributed by atoms with Crippen LogP contribution < -0.4 is 10.6 Å². The molecule has 1 spiro atoms. The van der Waals surface area contributed by atoms with Crippen molar-refractivity contribution < 1.29 is 19.5 Å². The number of fused-ring (bicyclic) bond motifs is 1. The van der Waals surface area contributed by atoms with Gasteiger partial charge in [0.15, 0.2) is 0 Å². The number of halogens is 1. The second kappa shape index (κ2) is 11.3. The van der Waals surface area contributed by atoms with Crippen LogP contribution in [0.3, 0.4) is 0 Å². The van der Waals surface area contributed by atoms with Gasteiger partial charge in [0.2, 0.25) is 17.7 Å². The zero-order valence-electron chi connectivity index (χ0n) is 21.5. The number of amides is 3. The molecule has 9 heteroatoms. The molecule has 2 aromatic carbocycles. The number of para-hydroxylation sites is 2. The Kier molecular flexibility index (Phi) is 8.03. The molecule has 0 aliphatic carbocycles. The number of likely N-dealkylation sites (tertiary alicyclic amines) is 1. The first-order chi connectivity index (χ1) is 18.4. The number of carbonyl (C=O) groups is 3. The van der Waals surface area contributed by atoms with Crippen molar-refractivity contribution in [3.05, 3.63) is 59.1 Å². The number of aliphatic hydroxyl groups is 1. The number of hydrogen-bond donors (Lipinski definition) is 3. The second-order valence-electron chi connectivity index (χ2n) is 10.5. The Morgan fingerprint density at radius 1 is 1.05 bits per heavy atom. The monoisotopic (exact) mass is 555 g/mol. The molecule has 0 radical (unpaired) electrons. The number of anilines is 2. The first-order valence-electron chi connectivity index (χ1n) is 13.4. The molecule has 3 aliphatic heterocycles. The van der Waals surface area contributed by atoms with Crippen molar-refractivity contribution in [3.63, 3.8) is 0 Å². The fourth-order valence-corrected chi connectivity index (χ4v) is 8.96. The van der Waals surface area contributed by atoms with Crippen LogP contribution in [0.2, 0.25) is 5.02 Å². The minimum atomic E-state index is -0.682. The SMILES string of the molecule is Cc1cccc(Cl)c1NC(=O)C1N(CCCCCCO)C(=O)[C@@H]2[C@H](C(=O)Nc3ccccc3)[C@@H]3CCC12S3. The molecule has 3 aliphatic rings. The molecule has 0 aromatic heterocycles. The summed E-state index contributed by atoms with van der Waals surface area (Å²) in [7, 11) is 0. The largest absolute Gasteiger partial charge is 0.396 e. The van der Waals surface area contributed by atoms with Crippen LogP contribution >= 0.6 is 23.4 Å². The van der Waals surface area contributed by atoms with Crippen LogP contribution in [-0.2, 0) is 14.4 Å². The molecular weight excluding hydrogens is 522 g/mol. The molecule has 3 N–H and O–H groups in total. The Labute approximate surface area is 232 Å². The highest BCUT2D eigenvalue weighted by Crippen LogP contribution is 2.66. The molecule has 3 heterocycles. The molecule has 7 nitrogen and oxygen atoms in total. The molecule has 3 fully saturated rings. The Bertz CT molecular complexity index is 1190. The van der Waals surface area contributed by atoms with E-state index < -0.39 is 22.6 Å². The summed E-state index contributed by atoms with van der Waals surface area (Å²) in [4.78, 5) is 43.3. The van der Waals surface area contributed by atoms with E-state index in [0.717, 1.165) is 37.7 Å². The molecule has 5 rings (SSSR count). The van der Waals surface area contributed by atoms with Gasteiger partial charge < -0.3 is 20.6 Å². The van der Waals surface area contributed by atoms with Crippen LogP contribution in [0, 0.1) is 18.8 Å². The lowest BCUT2D eigenvalue weighted by atomic mass is 9.70. The fourth-order valence-electron chi connectivity index (χ4n) is 6.47. The van der Waals surface area contributed by atoms with Crippen molar-refractivity contribution in [2.24, 2.45) is 11.8 Å². The van der Waals surface area contributed by atoms with Crippen LogP contribution in [0.15, 0.2) is 48.5 Å². The maximum Gasteiger partial charge on any atom is 0.248 e. The predicted molar refractivity (Wildman–Crippen MR) is 151 cm³/mol. The average Bonchev–Trinajstić information content (AvgIpc) is 3.54. The van der Waals surface area contributed by atoms with E-state index in [9.17, 15) is 14.4 Å². The number of rotatable bonds is 10. The van der Waals surface area contributed by atoms with E-state index >= 15 is 0 Å². The first kappa shape index (κ1) is 27.0. The van der Waals surface area contributed by atoms with Gasteiger partial charge in [-0.1, -0.05) is 54.8 Å². The maximum absolute atomic E-state index is 14.0. The van der Waals surface area contributed by atoms with Gasteiger partial charge in [0.1, 0.15) is 6.04 Å². The standard InChI is InChI=1S/C29H34ClN3O4S/c1-18-10-9-13-20(30)24(18)32-27(36)25-29-15-14-21(38-29)22(26(35)31-19-11-5-4-6-12-19)23(29)28(37)33(25)16-7-2-3-8-17-34/h4-6,9-13,21-23,25,34H,2-3,7-8,14-17H2,1H3,(H,31,35)(H,32,36)/t21-,22+,23-,25?,29?/m0/s1. The maximum atomic E-state index is 14.0. The van der Waals surface area contributed by atoms with Gasteiger partial charge in [-0.15, -0.1) is 11.8 Å². The number of hydrogen-bond acceptors (Lipinski definition) is 5. The van der Waals surface area contributed by atoms with Gasteiger partial charge in [-0.25, -0.2) is 0 Å². The van der Waals surface area contributed by atoms with Crippen molar-refractivity contribution in [1.29, 1.82) is 0 Å². The summed E-state index contributed by atoms with van der Waals surface area (Å²) < 4.78 is -0.648. The second-order valence-corrected chi connectivity index (χ2v) is 12.5. The Hall–Kier alpha value is -2.55. The molecule has 38 heavy (non-hydrogen) atoms. The van der Waals surface area contributed by atoms with Gasteiger partial charge >= 0.3 is 0 Å². The van der Waals surface area contributed by atoms with Gasteiger partial charge in [0, 0.05) is 24.1 Å². The van der Waals surface area contributed by atoms with E-state index in [-0.39, 0.29) is 29.6 Å². The predicted octanol–water partition coefficient (Wildman–Crippen LogP) is 4.87. The molecular formula is C29H34ClN3O4S.